The molecule has 0 spiro atoms. The molecule has 0 unspecified atom stereocenters. The van der Waals surface area contributed by atoms with Crippen molar-refractivity contribution in [3.8, 4) is 56.4 Å². The second-order valence-corrected chi connectivity index (χ2v) is 13.0. The van der Waals surface area contributed by atoms with Crippen LogP contribution in [0.1, 0.15) is 0 Å². The highest BCUT2D eigenvalue weighted by atomic mass is 16.3. The monoisotopic (exact) mass is 652 g/mol. The van der Waals surface area contributed by atoms with Gasteiger partial charge >= 0.3 is 0 Å². The molecule has 0 aliphatic rings. The van der Waals surface area contributed by atoms with Gasteiger partial charge in [0.15, 0.2) is 0 Å². The summed E-state index contributed by atoms with van der Waals surface area (Å²) in [6.45, 7) is 0. The van der Waals surface area contributed by atoms with Crippen molar-refractivity contribution in [2.75, 3.05) is 0 Å². The van der Waals surface area contributed by atoms with Gasteiger partial charge in [-0.1, -0.05) is 127 Å². The minimum absolute atomic E-state index is 0.851. The van der Waals surface area contributed by atoms with Crippen LogP contribution >= 0.6 is 0 Å². The van der Waals surface area contributed by atoms with Gasteiger partial charge in [0.1, 0.15) is 11.5 Å². The van der Waals surface area contributed by atoms with Crippen LogP contribution in [-0.2, 0) is 0 Å². The smallest absolute Gasteiger partial charge is 0.134 e. The first-order valence-electron chi connectivity index (χ1n) is 17.3. The van der Waals surface area contributed by atoms with Crippen LogP contribution in [0, 0.1) is 0 Å². The molecule has 240 valence electrons. The van der Waals surface area contributed by atoms with Crippen LogP contribution in [0.4, 0.5) is 0 Å². The molecule has 0 saturated carbocycles. The largest absolute Gasteiger partial charge is 0.456 e. The van der Waals surface area contributed by atoms with E-state index >= 15 is 0 Å². The maximum Gasteiger partial charge on any atom is 0.134 e. The molecule has 10 aromatic rings. The molecule has 0 fully saturated rings. The molecule has 3 nitrogen and oxygen atoms in total. The van der Waals surface area contributed by atoms with E-state index in [4.69, 9.17) is 4.42 Å². The summed E-state index contributed by atoms with van der Waals surface area (Å²) in [6.07, 6.45) is 0. The number of benzene rings is 7. The van der Waals surface area contributed by atoms with E-state index in [1.165, 1.54) is 49.5 Å². The summed E-state index contributed by atoms with van der Waals surface area (Å²) in [4.78, 5) is 0. The van der Waals surface area contributed by atoms with Crippen molar-refractivity contribution in [3.05, 3.63) is 194 Å². The summed E-state index contributed by atoms with van der Waals surface area (Å²) in [7, 11) is 0. The molecule has 0 bridgehead atoms. The summed E-state index contributed by atoms with van der Waals surface area (Å²) in [6, 6.07) is 68.9. The van der Waals surface area contributed by atoms with Gasteiger partial charge in [0, 0.05) is 38.7 Å². The Bertz CT molecular complexity index is 2820. The molecule has 0 saturated heterocycles. The zero-order valence-electron chi connectivity index (χ0n) is 27.8. The molecule has 3 heteroatoms. The van der Waals surface area contributed by atoms with Crippen molar-refractivity contribution in [1.82, 2.24) is 9.13 Å². The first kappa shape index (κ1) is 29.1. The second-order valence-electron chi connectivity index (χ2n) is 13.0. The highest BCUT2D eigenvalue weighted by Crippen LogP contribution is 2.37. The Labute approximate surface area is 295 Å². The standard InChI is InChI=1S/C48H32N2O/c1-3-12-39(13-4-1)49-43-17-9-7-11-38(43)32-46(49)34-21-25-36(26-22-34)48-30-29-47(51-48)35-23-19-33(20-24-35)37-27-28-45-42(31-37)41-16-8-10-18-44(41)50(45)40-14-5-2-6-15-40/h1-32H. The summed E-state index contributed by atoms with van der Waals surface area (Å²) < 4.78 is 11.1. The minimum Gasteiger partial charge on any atom is -0.456 e. The molecule has 7 aromatic carbocycles. The number of aromatic nitrogens is 2. The van der Waals surface area contributed by atoms with E-state index in [0.29, 0.717) is 0 Å². The third kappa shape index (κ3) is 4.98. The van der Waals surface area contributed by atoms with Gasteiger partial charge in [-0.2, -0.15) is 0 Å². The second kappa shape index (κ2) is 11.9. The lowest BCUT2D eigenvalue weighted by Gasteiger charge is -2.11. The fourth-order valence-corrected chi connectivity index (χ4v) is 7.51. The van der Waals surface area contributed by atoms with E-state index in [2.05, 4.69) is 203 Å². The van der Waals surface area contributed by atoms with E-state index < -0.39 is 0 Å². The Morgan fingerprint density at radius 2 is 0.824 bits per heavy atom. The lowest BCUT2D eigenvalue weighted by molar-refractivity contribution is 0.597. The Hall–Kier alpha value is -6.84. The Morgan fingerprint density at radius 3 is 1.51 bits per heavy atom. The molecule has 10 rings (SSSR count). The predicted octanol–water partition coefficient (Wildman–Crippen LogP) is 13.0. The highest BCUT2D eigenvalue weighted by Gasteiger charge is 2.15. The van der Waals surface area contributed by atoms with Gasteiger partial charge in [-0.05, 0) is 83.4 Å². The molecular weight excluding hydrogens is 621 g/mol. The lowest BCUT2D eigenvalue weighted by atomic mass is 10.0. The first-order valence-corrected chi connectivity index (χ1v) is 17.3. The SMILES string of the molecule is c1ccc(-n2c(-c3ccc(-c4ccc(-c5ccc(-c6ccc7c(c6)c6ccccc6n7-c6ccccc6)cc5)o4)cc3)cc3ccccc32)cc1. The Kier molecular flexibility index (Phi) is 6.81. The topological polar surface area (TPSA) is 23.0 Å². The van der Waals surface area contributed by atoms with Gasteiger partial charge in [-0.3, -0.25) is 0 Å². The molecule has 3 heterocycles. The Balaban J connectivity index is 0.937. The van der Waals surface area contributed by atoms with Crippen molar-refractivity contribution in [2.45, 2.75) is 0 Å². The van der Waals surface area contributed by atoms with Gasteiger partial charge in [0.2, 0.25) is 0 Å². The fourth-order valence-electron chi connectivity index (χ4n) is 7.51. The third-order valence-electron chi connectivity index (χ3n) is 9.99. The molecule has 0 amide bonds. The third-order valence-corrected chi connectivity index (χ3v) is 9.99. The molecule has 0 radical (unpaired) electrons. The van der Waals surface area contributed by atoms with Crippen LogP contribution in [0.3, 0.4) is 0 Å². The summed E-state index contributed by atoms with van der Waals surface area (Å²) in [5, 5.41) is 3.72. The quantitative estimate of drug-likeness (QED) is 0.175. The lowest BCUT2D eigenvalue weighted by Crippen LogP contribution is -1.96. The molecule has 3 aromatic heterocycles. The molecule has 0 aliphatic carbocycles. The van der Waals surface area contributed by atoms with Gasteiger partial charge in [-0.25, -0.2) is 0 Å². The zero-order chi connectivity index (χ0) is 33.7. The van der Waals surface area contributed by atoms with Crippen molar-refractivity contribution in [2.24, 2.45) is 0 Å². The van der Waals surface area contributed by atoms with E-state index in [1.54, 1.807) is 0 Å². The minimum atomic E-state index is 0.851. The van der Waals surface area contributed by atoms with Crippen molar-refractivity contribution >= 4 is 32.7 Å². The maximum absolute atomic E-state index is 6.43. The van der Waals surface area contributed by atoms with Gasteiger partial charge in [0.05, 0.1) is 22.2 Å². The van der Waals surface area contributed by atoms with Crippen LogP contribution < -0.4 is 0 Å². The number of hydrogen-bond donors (Lipinski definition) is 0. The molecule has 0 N–H and O–H groups in total. The normalized spacial score (nSPS) is 11.5. The average Bonchev–Trinajstić information content (AvgIpc) is 3.93. The molecule has 0 aliphatic heterocycles. The van der Waals surface area contributed by atoms with Crippen LogP contribution in [0.5, 0.6) is 0 Å². The maximum atomic E-state index is 6.43. The van der Waals surface area contributed by atoms with Crippen molar-refractivity contribution in [1.29, 1.82) is 0 Å². The molecule has 51 heavy (non-hydrogen) atoms. The number of para-hydroxylation sites is 4. The molecule has 0 atom stereocenters. The van der Waals surface area contributed by atoms with Gasteiger partial charge in [0.25, 0.3) is 0 Å². The number of nitrogens with zero attached hydrogens (tertiary/aromatic N) is 2. The molecular formula is C48H32N2O. The van der Waals surface area contributed by atoms with Crippen LogP contribution in [-0.4, -0.2) is 9.13 Å². The number of furan rings is 1. The summed E-state index contributed by atoms with van der Waals surface area (Å²) >= 11 is 0. The predicted molar refractivity (Wildman–Crippen MR) is 212 cm³/mol. The van der Waals surface area contributed by atoms with E-state index in [-0.39, 0.29) is 0 Å². The van der Waals surface area contributed by atoms with Gasteiger partial charge in [-0.15, -0.1) is 0 Å². The number of hydrogen-bond acceptors (Lipinski definition) is 1. The van der Waals surface area contributed by atoms with Crippen LogP contribution in [0.15, 0.2) is 199 Å². The van der Waals surface area contributed by atoms with Crippen LogP contribution in [0.2, 0.25) is 0 Å². The van der Waals surface area contributed by atoms with Crippen molar-refractivity contribution in [3.63, 3.8) is 0 Å². The fraction of sp³-hybridized carbons (Fsp3) is 0. The number of rotatable bonds is 6. The zero-order valence-corrected chi connectivity index (χ0v) is 27.8. The van der Waals surface area contributed by atoms with Crippen molar-refractivity contribution < 1.29 is 4.42 Å². The Morgan fingerprint density at radius 1 is 0.314 bits per heavy atom. The van der Waals surface area contributed by atoms with Crippen LogP contribution in [0.25, 0.3) is 89.1 Å². The highest BCUT2D eigenvalue weighted by molar-refractivity contribution is 6.10. The van der Waals surface area contributed by atoms with E-state index in [0.717, 1.165) is 39.6 Å². The van der Waals surface area contributed by atoms with E-state index in [1.807, 2.05) is 0 Å². The summed E-state index contributed by atoms with van der Waals surface area (Å²) in [5.74, 6) is 1.70. The van der Waals surface area contributed by atoms with Gasteiger partial charge < -0.3 is 13.6 Å². The average molecular weight is 653 g/mol. The first-order chi connectivity index (χ1) is 25.3. The number of fused-ring (bicyclic) bond motifs is 4. The van der Waals surface area contributed by atoms with E-state index in [9.17, 15) is 0 Å². The summed E-state index contributed by atoms with van der Waals surface area (Å²) in [5.41, 5.74) is 12.7.